The summed E-state index contributed by atoms with van der Waals surface area (Å²) in [6.45, 7) is 8.35. The van der Waals surface area contributed by atoms with Gasteiger partial charge < -0.3 is 15.3 Å². The zero-order valence-corrected chi connectivity index (χ0v) is 15.8. The number of carbonyl (C=O) groups excluding carboxylic acids is 1. The van der Waals surface area contributed by atoms with Crippen molar-refractivity contribution in [2.45, 2.75) is 45.7 Å². The van der Waals surface area contributed by atoms with E-state index in [0.29, 0.717) is 12.1 Å². The van der Waals surface area contributed by atoms with Crippen molar-refractivity contribution in [1.82, 2.24) is 20.4 Å². The van der Waals surface area contributed by atoms with E-state index in [0.717, 1.165) is 17.0 Å². The van der Waals surface area contributed by atoms with Crippen molar-refractivity contribution in [1.29, 1.82) is 0 Å². The van der Waals surface area contributed by atoms with Crippen molar-refractivity contribution in [3.8, 4) is 0 Å². The molecule has 0 saturated carbocycles. The van der Waals surface area contributed by atoms with Crippen molar-refractivity contribution in [2.24, 2.45) is 0 Å². The van der Waals surface area contributed by atoms with E-state index in [4.69, 9.17) is 0 Å². The molecule has 2 aromatic rings. The number of aliphatic carboxylic acids is 1. The van der Waals surface area contributed by atoms with Crippen LogP contribution < -0.4 is 5.32 Å². The maximum Gasteiger partial charge on any atom is 0.330 e. The molecule has 7 heteroatoms. The lowest BCUT2D eigenvalue weighted by Gasteiger charge is -2.21. The van der Waals surface area contributed by atoms with Crippen LogP contribution in [0, 0.1) is 6.92 Å². The van der Waals surface area contributed by atoms with Crippen molar-refractivity contribution in [2.75, 3.05) is 7.05 Å². The van der Waals surface area contributed by atoms with Crippen LogP contribution in [-0.4, -0.2) is 39.3 Å². The molecule has 1 aromatic carbocycles. The molecule has 26 heavy (non-hydrogen) atoms. The Balaban J connectivity index is 2.07. The van der Waals surface area contributed by atoms with E-state index in [1.54, 1.807) is 25.2 Å². The Bertz CT molecular complexity index is 792. The SMILES string of the molecule is Cc1cccc([C@H](NC(=O)N(C)Cc2cc(C(C)(C)C)n[nH]2)C(=O)O)c1. The summed E-state index contributed by atoms with van der Waals surface area (Å²) in [6, 6.07) is 7.44. The zero-order valence-electron chi connectivity index (χ0n) is 15.8. The van der Waals surface area contributed by atoms with Gasteiger partial charge in [0.05, 0.1) is 17.9 Å². The van der Waals surface area contributed by atoms with Gasteiger partial charge in [0.2, 0.25) is 0 Å². The fourth-order valence-electron chi connectivity index (χ4n) is 2.53. The average Bonchev–Trinajstić information content (AvgIpc) is 3.00. The lowest BCUT2D eigenvalue weighted by molar-refractivity contribution is -0.139. The van der Waals surface area contributed by atoms with E-state index in [9.17, 15) is 14.7 Å². The van der Waals surface area contributed by atoms with Gasteiger partial charge >= 0.3 is 12.0 Å². The first-order chi connectivity index (χ1) is 12.1. The number of rotatable bonds is 5. The minimum absolute atomic E-state index is 0.0881. The molecule has 140 valence electrons. The molecule has 0 aliphatic heterocycles. The van der Waals surface area contributed by atoms with Crippen molar-refractivity contribution in [3.05, 3.63) is 52.8 Å². The number of hydrogen-bond acceptors (Lipinski definition) is 3. The second-order valence-corrected chi connectivity index (χ2v) is 7.52. The van der Waals surface area contributed by atoms with Crippen molar-refractivity contribution in [3.63, 3.8) is 0 Å². The summed E-state index contributed by atoms with van der Waals surface area (Å²) >= 11 is 0. The quantitative estimate of drug-likeness (QED) is 0.765. The van der Waals surface area contributed by atoms with Crippen LogP contribution in [0.3, 0.4) is 0 Å². The van der Waals surface area contributed by atoms with Gasteiger partial charge in [-0.3, -0.25) is 5.10 Å². The molecule has 1 aromatic heterocycles. The highest BCUT2D eigenvalue weighted by Crippen LogP contribution is 2.21. The molecular weight excluding hydrogens is 332 g/mol. The third-order valence-corrected chi connectivity index (χ3v) is 4.04. The molecule has 2 rings (SSSR count). The molecular formula is C19H26N4O3. The summed E-state index contributed by atoms with van der Waals surface area (Å²) in [7, 11) is 1.61. The average molecular weight is 358 g/mol. The van der Waals surface area contributed by atoms with Crippen LogP contribution in [-0.2, 0) is 16.8 Å². The van der Waals surface area contributed by atoms with E-state index >= 15 is 0 Å². The molecule has 7 nitrogen and oxygen atoms in total. The van der Waals surface area contributed by atoms with Crippen molar-refractivity contribution < 1.29 is 14.7 Å². The first-order valence-electron chi connectivity index (χ1n) is 8.43. The van der Waals surface area contributed by atoms with Crippen LogP contribution in [0.1, 0.15) is 49.3 Å². The number of nitrogens with zero attached hydrogens (tertiary/aromatic N) is 2. The molecule has 0 aliphatic rings. The largest absolute Gasteiger partial charge is 0.479 e. The van der Waals surface area contributed by atoms with Crippen LogP contribution in [0.2, 0.25) is 0 Å². The maximum absolute atomic E-state index is 12.4. The smallest absolute Gasteiger partial charge is 0.330 e. The zero-order chi connectivity index (χ0) is 19.5. The van der Waals surface area contributed by atoms with Gasteiger partial charge in [0.1, 0.15) is 0 Å². The first kappa shape index (κ1) is 19.5. The second-order valence-electron chi connectivity index (χ2n) is 7.52. The van der Waals surface area contributed by atoms with Gasteiger partial charge in [-0.15, -0.1) is 0 Å². The van der Waals surface area contributed by atoms with Crippen LogP contribution in [0.4, 0.5) is 4.79 Å². The van der Waals surface area contributed by atoms with Gasteiger partial charge in [-0.05, 0) is 18.6 Å². The number of amides is 2. The minimum Gasteiger partial charge on any atom is -0.479 e. The summed E-state index contributed by atoms with van der Waals surface area (Å²) < 4.78 is 0. The summed E-state index contributed by atoms with van der Waals surface area (Å²) in [5, 5.41) is 19.2. The van der Waals surface area contributed by atoms with Crippen LogP contribution in [0.25, 0.3) is 0 Å². The molecule has 0 radical (unpaired) electrons. The Kier molecular flexibility index (Phi) is 5.69. The van der Waals surface area contributed by atoms with Gasteiger partial charge in [0.15, 0.2) is 6.04 Å². The summed E-state index contributed by atoms with van der Waals surface area (Å²) in [5.74, 6) is -1.10. The summed E-state index contributed by atoms with van der Waals surface area (Å²) in [6.07, 6.45) is 0. The Labute approximate surface area is 153 Å². The highest BCUT2D eigenvalue weighted by atomic mass is 16.4. The third kappa shape index (κ3) is 4.84. The van der Waals surface area contributed by atoms with Gasteiger partial charge in [-0.1, -0.05) is 50.6 Å². The Hall–Kier alpha value is -2.83. The Morgan fingerprint density at radius 1 is 1.31 bits per heavy atom. The molecule has 2 amide bonds. The number of benzene rings is 1. The molecule has 0 saturated heterocycles. The monoisotopic (exact) mass is 358 g/mol. The summed E-state index contributed by atoms with van der Waals surface area (Å²) in [4.78, 5) is 25.5. The van der Waals surface area contributed by atoms with E-state index in [1.165, 1.54) is 4.90 Å². The number of aryl methyl sites for hydroxylation is 1. The number of hydrogen-bond donors (Lipinski definition) is 3. The molecule has 1 heterocycles. The molecule has 3 N–H and O–H groups in total. The van der Waals surface area contributed by atoms with Crippen LogP contribution in [0.5, 0.6) is 0 Å². The Morgan fingerprint density at radius 3 is 2.54 bits per heavy atom. The topological polar surface area (TPSA) is 98.3 Å². The summed E-state index contributed by atoms with van der Waals surface area (Å²) in [5.41, 5.74) is 3.08. The fourth-order valence-corrected chi connectivity index (χ4v) is 2.53. The number of carboxylic acid groups (broad SMARTS) is 1. The lowest BCUT2D eigenvalue weighted by atomic mass is 9.92. The number of carboxylic acids is 1. The van der Waals surface area contributed by atoms with Crippen LogP contribution in [0.15, 0.2) is 30.3 Å². The lowest BCUT2D eigenvalue weighted by Crippen LogP contribution is -2.41. The molecule has 0 fully saturated rings. The first-order valence-corrected chi connectivity index (χ1v) is 8.43. The normalized spacial score (nSPS) is 12.5. The second kappa shape index (κ2) is 7.59. The van der Waals surface area contributed by atoms with Gasteiger partial charge in [0.25, 0.3) is 0 Å². The van der Waals surface area contributed by atoms with E-state index in [1.807, 2.05) is 19.1 Å². The van der Waals surface area contributed by atoms with Crippen molar-refractivity contribution >= 4 is 12.0 Å². The minimum atomic E-state index is -1.10. The number of H-pyrrole nitrogens is 1. The third-order valence-electron chi connectivity index (χ3n) is 4.04. The molecule has 0 spiro atoms. The molecule has 0 aliphatic carbocycles. The predicted molar refractivity (Wildman–Crippen MR) is 98.8 cm³/mol. The van der Waals surface area contributed by atoms with Gasteiger partial charge in [-0.2, -0.15) is 5.10 Å². The standard InChI is InChI=1S/C19H26N4O3/c1-12-7-6-8-13(9-12)16(17(24)25)20-18(26)23(5)11-14-10-15(22-21-14)19(2,3)4/h6-10,16H,11H2,1-5H3,(H,20,26)(H,21,22)(H,24,25)/t16-/m0/s1. The molecule has 0 bridgehead atoms. The predicted octanol–water partition coefficient (Wildman–Crippen LogP) is 2.98. The molecule has 1 atom stereocenters. The number of carbonyl (C=O) groups is 2. The van der Waals surface area contributed by atoms with E-state index in [2.05, 4.69) is 36.3 Å². The van der Waals surface area contributed by atoms with Gasteiger partial charge in [0, 0.05) is 12.5 Å². The van der Waals surface area contributed by atoms with Crippen LogP contribution >= 0.6 is 0 Å². The molecule has 0 unspecified atom stereocenters. The number of aromatic amines is 1. The Morgan fingerprint density at radius 2 is 2.00 bits per heavy atom. The number of urea groups is 1. The van der Waals surface area contributed by atoms with E-state index < -0.39 is 18.0 Å². The van der Waals surface area contributed by atoms with Gasteiger partial charge in [-0.25, -0.2) is 9.59 Å². The fraction of sp³-hybridized carbons (Fsp3) is 0.421. The number of nitrogens with one attached hydrogen (secondary N) is 2. The number of aromatic nitrogens is 2. The highest BCUT2D eigenvalue weighted by molar-refractivity contribution is 5.83. The maximum atomic E-state index is 12.4. The van der Waals surface area contributed by atoms with E-state index in [-0.39, 0.29) is 5.41 Å². The highest BCUT2D eigenvalue weighted by Gasteiger charge is 2.24.